The first-order chi connectivity index (χ1) is 5.54. The smallest absolute Gasteiger partial charge is 0.404 e. The fraction of sp³-hybridized carbons (Fsp3) is 0.667. The van der Waals surface area contributed by atoms with Gasteiger partial charge in [-0.1, -0.05) is 0 Å². The highest BCUT2D eigenvalue weighted by Crippen LogP contribution is 1.54. The van der Waals surface area contributed by atoms with Crippen LogP contribution in [-0.4, -0.2) is 35.5 Å². The van der Waals surface area contributed by atoms with E-state index in [1.54, 1.807) is 13.8 Å². The topological polar surface area (TPSA) is 98.7 Å². The maximum absolute atomic E-state index is 9.49. The molecular formula is C6H15ClN2O4. The molecule has 2 amide bonds. The highest BCUT2D eigenvalue weighted by atomic mass is 35.5. The van der Waals surface area contributed by atoms with Gasteiger partial charge in [0.2, 0.25) is 0 Å². The number of carboxylic acid groups (broad SMARTS) is 2. The largest absolute Gasteiger partial charge is 0.465 e. The van der Waals surface area contributed by atoms with Gasteiger partial charge in [-0.3, -0.25) is 0 Å². The SMILES string of the molecule is CCNC(=O)O.CCNC(=O)O.Cl. The lowest BCUT2D eigenvalue weighted by Gasteiger charge is -1.87. The summed E-state index contributed by atoms with van der Waals surface area (Å²) in [7, 11) is 0. The number of halogens is 1. The zero-order valence-corrected chi connectivity index (χ0v) is 8.35. The fourth-order valence-corrected chi connectivity index (χ4v) is 0.302. The molecule has 0 rings (SSSR count). The van der Waals surface area contributed by atoms with Crippen LogP contribution in [0.3, 0.4) is 0 Å². The molecule has 13 heavy (non-hydrogen) atoms. The van der Waals surface area contributed by atoms with E-state index >= 15 is 0 Å². The van der Waals surface area contributed by atoms with E-state index in [4.69, 9.17) is 10.2 Å². The summed E-state index contributed by atoms with van der Waals surface area (Å²) in [5.41, 5.74) is 0. The van der Waals surface area contributed by atoms with Crippen LogP contribution in [0.5, 0.6) is 0 Å². The number of nitrogens with one attached hydrogen (secondary N) is 2. The van der Waals surface area contributed by atoms with Crippen molar-refractivity contribution in [3.8, 4) is 0 Å². The lowest BCUT2D eigenvalue weighted by atomic mass is 10.8. The third-order valence-corrected chi connectivity index (χ3v) is 0.656. The molecule has 0 fully saturated rings. The molecule has 0 spiro atoms. The Hall–Kier alpha value is -1.17. The van der Waals surface area contributed by atoms with E-state index in [2.05, 4.69) is 10.6 Å². The van der Waals surface area contributed by atoms with Gasteiger partial charge in [0, 0.05) is 13.1 Å². The van der Waals surface area contributed by atoms with Gasteiger partial charge in [-0.15, -0.1) is 12.4 Å². The Bertz CT molecular complexity index is 127. The van der Waals surface area contributed by atoms with Gasteiger partial charge in [0.15, 0.2) is 0 Å². The average molecular weight is 215 g/mol. The molecular weight excluding hydrogens is 200 g/mol. The van der Waals surface area contributed by atoms with E-state index in [1.165, 1.54) is 0 Å². The zero-order valence-electron chi connectivity index (χ0n) is 7.53. The molecule has 7 heteroatoms. The first-order valence-corrected chi connectivity index (χ1v) is 3.48. The lowest BCUT2D eigenvalue weighted by molar-refractivity contribution is 0.194. The molecule has 0 aliphatic rings. The van der Waals surface area contributed by atoms with E-state index < -0.39 is 12.2 Å². The molecule has 0 radical (unpaired) electrons. The van der Waals surface area contributed by atoms with E-state index in [9.17, 15) is 9.59 Å². The van der Waals surface area contributed by atoms with Crippen LogP contribution in [0.2, 0.25) is 0 Å². The van der Waals surface area contributed by atoms with Gasteiger partial charge in [-0.25, -0.2) is 9.59 Å². The normalized spacial score (nSPS) is 6.92. The molecule has 0 aromatic rings. The lowest BCUT2D eigenvalue weighted by Crippen LogP contribution is -2.19. The number of hydrogen-bond acceptors (Lipinski definition) is 2. The van der Waals surface area contributed by atoms with Gasteiger partial charge in [0.05, 0.1) is 0 Å². The molecule has 0 aromatic heterocycles. The molecule has 0 aliphatic carbocycles. The molecule has 0 aliphatic heterocycles. The molecule has 6 nitrogen and oxygen atoms in total. The van der Waals surface area contributed by atoms with Crippen molar-refractivity contribution in [1.29, 1.82) is 0 Å². The third-order valence-electron chi connectivity index (χ3n) is 0.656. The van der Waals surface area contributed by atoms with Gasteiger partial charge in [0.25, 0.3) is 0 Å². The summed E-state index contributed by atoms with van der Waals surface area (Å²) in [6, 6.07) is 0. The van der Waals surface area contributed by atoms with Crippen molar-refractivity contribution in [3.63, 3.8) is 0 Å². The van der Waals surface area contributed by atoms with Crippen molar-refractivity contribution < 1.29 is 19.8 Å². The second kappa shape index (κ2) is 13.4. The number of amides is 2. The zero-order chi connectivity index (χ0) is 9.98. The second-order valence-corrected chi connectivity index (χ2v) is 1.67. The van der Waals surface area contributed by atoms with Crippen LogP contribution in [-0.2, 0) is 0 Å². The molecule has 0 bridgehead atoms. The van der Waals surface area contributed by atoms with Crippen molar-refractivity contribution >= 4 is 24.6 Å². The van der Waals surface area contributed by atoms with Crippen molar-refractivity contribution in [3.05, 3.63) is 0 Å². The van der Waals surface area contributed by atoms with Crippen molar-refractivity contribution in [2.45, 2.75) is 13.8 Å². The average Bonchev–Trinajstić information content (AvgIpc) is 1.87. The molecule has 0 saturated heterocycles. The molecule has 0 heterocycles. The van der Waals surface area contributed by atoms with Crippen LogP contribution in [0.1, 0.15) is 13.8 Å². The van der Waals surface area contributed by atoms with Crippen LogP contribution < -0.4 is 10.6 Å². The molecule has 0 saturated carbocycles. The van der Waals surface area contributed by atoms with Gasteiger partial charge in [-0.2, -0.15) is 0 Å². The summed E-state index contributed by atoms with van der Waals surface area (Å²) in [5, 5.41) is 19.9. The number of carbonyl (C=O) groups is 2. The van der Waals surface area contributed by atoms with Crippen LogP contribution in [0.25, 0.3) is 0 Å². The minimum atomic E-state index is -0.961. The van der Waals surface area contributed by atoms with Crippen molar-refractivity contribution in [2.24, 2.45) is 0 Å². The standard InChI is InChI=1S/2C3H7NO2.ClH/c2*1-2-4-3(5)6;/h2*4H,2H2,1H3,(H,5,6);1H. The summed E-state index contributed by atoms with van der Waals surface area (Å²) in [4.78, 5) is 19.0. The molecule has 0 atom stereocenters. The second-order valence-electron chi connectivity index (χ2n) is 1.67. The summed E-state index contributed by atoms with van der Waals surface area (Å²) in [5.74, 6) is 0. The van der Waals surface area contributed by atoms with Crippen LogP contribution in [0, 0.1) is 0 Å². The van der Waals surface area contributed by atoms with E-state index in [0.717, 1.165) is 0 Å². The van der Waals surface area contributed by atoms with Crippen LogP contribution >= 0.6 is 12.4 Å². The first-order valence-electron chi connectivity index (χ1n) is 3.48. The van der Waals surface area contributed by atoms with Crippen molar-refractivity contribution in [2.75, 3.05) is 13.1 Å². The minimum absolute atomic E-state index is 0. The monoisotopic (exact) mass is 214 g/mol. The van der Waals surface area contributed by atoms with Crippen LogP contribution in [0.15, 0.2) is 0 Å². The molecule has 0 unspecified atom stereocenters. The van der Waals surface area contributed by atoms with E-state index in [-0.39, 0.29) is 12.4 Å². The molecule has 4 N–H and O–H groups in total. The first kappa shape index (κ1) is 17.8. The highest BCUT2D eigenvalue weighted by Gasteiger charge is 1.83. The van der Waals surface area contributed by atoms with E-state index in [1.807, 2.05) is 0 Å². The van der Waals surface area contributed by atoms with Gasteiger partial charge in [-0.05, 0) is 13.8 Å². The van der Waals surface area contributed by atoms with Gasteiger partial charge in [0.1, 0.15) is 0 Å². The maximum Gasteiger partial charge on any atom is 0.404 e. The van der Waals surface area contributed by atoms with Crippen molar-refractivity contribution in [1.82, 2.24) is 10.6 Å². The Balaban J connectivity index is -0.000000143. The minimum Gasteiger partial charge on any atom is -0.465 e. The predicted octanol–water partition coefficient (Wildman–Crippen LogP) is 0.970. The maximum atomic E-state index is 9.49. The van der Waals surface area contributed by atoms with Gasteiger partial charge >= 0.3 is 12.2 Å². The highest BCUT2D eigenvalue weighted by molar-refractivity contribution is 5.85. The summed E-state index contributed by atoms with van der Waals surface area (Å²) in [6.07, 6.45) is -1.92. The predicted molar refractivity (Wildman–Crippen MR) is 50.7 cm³/mol. The summed E-state index contributed by atoms with van der Waals surface area (Å²) in [6.45, 7) is 4.42. The number of hydrogen-bond donors (Lipinski definition) is 4. The Morgan fingerprint density at radius 1 is 1.00 bits per heavy atom. The summed E-state index contributed by atoms with van der Waals surface area (Å²) < 4.78 is 0. The molecule has 0 aromatic carbocycles. The van der Waals surface area contributed by atoms with Crippen LogP contribution in [0.4, 0.5) is 9.59 Å². The number of rotatable bonds is 2. The summed E-state index contributed by atoms with van der Waals surface area (Å²) >= 11 is 0. The van der Waals surface area contributed by atoms with E-state index in [0.29, 0.717) is 13.1 Å². The Labute approximate surface area is 82.7 Å². The third kappa shape index (κ3) is 36.2. The fourth-order valence-electron chi connectivity index (χ4n) is 0.302. The molecule has 80 valence electrons. The Kier molecular flexibility index (Phi) is 18.4. The quantitative estimate of drug-likeness (QED) is 0.551. The Morgan fingerprint density at radius 3 is 1.23 bits per heavy atom. The van der Waals surface area contributed by atoms with Gasteiger partial charge < -0.3 is 20.8 Å². The Morgan fingerprint density at radius 2 is 1.23 bits per heavy atom.